The number of amides is 1. The van der Waals surface area contributed by atoms with Gasteiger partial charge >= 0.3 is 0 Å². The van der Waals surface area contributed by atoms with E-state index < -0.39 is 0 Å². The number of methoxy groups -OCH3 is 1. The van der Waals surface area contributed by atoms with Crippen molar-refractivity contribution in [2.45, 2.75) is 26.2 Å². The SMILES string of the molecule is COc1cc(C(C)C)ccc1C(=O)N(C)CCc1ccncc1. The number of hydrogen-bond donors (Lipinski definition) is 0. The Morgan fingerprint density at radius 1 is 1.22 bits per heavy atom. The predicted octanol–water partition coefficient (Wildman–Crippen LogP) is 3.53. The molecule has 1 amide bonds. The lowest BCUT2D eigenvalue weighted by Gasteiger charge is -2.19. The van der Waals surface area contributed by atoms with Crippen molar-refractivity contribution in [3.8, 4) is 5.75 Å². The van der Waals surface area contributed by atoms with Crippen LogP contribution in [-0.2, 0) is 6.42 Å². The molecule has 0 fully saturated rings. The second kappa shape index (κ2) is 7.77. The molecule has 2 aromatic rings. The maximum Gasteiger partial charge on any atom is 0.257 e. The molecule has 0 saturated carbocycles. The largest absolute Gasteiger partial charge is 0.496 e. The second-order valence-electron chi connectivity index (χ2n) is 5.95. The van der Waals surface area contributed by atoms with Gasteiger partial charge in [0.05, 0.1) is 12.7 Å². The van der Waals surface area contributed by atoms with Gasteiger partial charge in [-0.1, -0.05) is 19.9 Å². The van der Waals surface area contributed by atoms with E-state index >= 15 is 0 Å². The van der Waals surface area contributed by atoms with Gasteiger partial charge in [0.15, 0.2) is 0 Å². The van der Waals surface area contributed by atoms with E-state index in [1.54, 1.807) is 24.4 Å². The Balaban J connectivity index is 2.09. The lowest BCUT2D eigenvalue weighted by atomic mass is 10.0. The Morgan fingerprint density at radius 3 is 2.52 bits per heavy atom. The van der Waals surface area contributed by atoms with Gasteiger partial charge in [0.25, 0.3) is 5.91 Å². The highest BCUT2D eigenvalue weighted by Crippen LogP contribution is 2.25. The van der Waals surface area contributed by atoms with E-state index in [0.717, 1.165) is 12.0 Å². The van der Waals surface area contributed by atoms with E-state index in [1.807, 2.05) is 37.4 Å². The molecule has 0 radical (unpaired) electrons. The summed E-state index contributed by atoms with van der Waals surface area (Å²) in [7, 11) is 3.42. The molecule has 0 N–H and O–H groups in total. The molecular weight excluding hydrogens is 288 g/mol. The number of hydrogen-bond acceptors (Lipinski definition) is 3. The number of ether oxygens (including phenoxy) is 1. The van der Waals surface area contributed by atoms with Gasteiger partial charge in [-0.25, -0.2) is 0 Å². The first-order valence-electron chi connectivity index (χ1n) is 7.85. The molecule has 0 bridgehead atoms. The predicted molar refractivity (Wildman–Crippen MR) is 92.0 cm³/mol. The van der Waals surface area contributed by atoms with Crippen molar-refractivity contribution in [3.05, 3.63) is 59.4 Å². The summed E-state index contributed by atoms with van der Waals surface area (Å²) in [4.78, 5) is 18.4. The average Bonchev–Trinajstić information content (AvgIpc) is 2.59. The zero-order valence-electron chi connectivity index (χ0n) is 14.2. The molecular formula is C19H24N2O2. The fourth-order valence-corrected chi connectivity index (χ4v) is 2.40. The smallest absolute Gasteiger partial charge is 0.257 e. The van der Waals surface area contributed by atoms with Crippen molar-refractivity contribution in [2.75, 3.05) is 20.7 Å². The second-order valence-corrected chi connectivity index (χ2v) is 5.95. The van der Waals surface area contributed by atoms with E-state index in [-0.39, 0.29) is 5.91 Å². The van der Waals surface area contributed by atoms with Crippen molar-refractivity contribution in [3.63, 3.8) is 0 Å². The fraction of sp³-hybridized carbons (Fsp3) is 0.368. The van der Waals surface area contributed by atoms with Gasteiger partial charge in [0, 0.05) is 26.0 Å². The molecule has 4 nitrogen and oxygen atoms in total. The molecule has 0 spiro atoms. The van der Waals surface area contributed by atoms with Crippen LogP contribution in [0.3, 0.4) is 0 Å². The molecule has 2 rings (SSSR count). The molecule has 1 heterocycles. The van der Waals surface area contributed by atoms with Crippen LogP contribution in [0, 0.1) is 0 Å². The van der Waals surface area contributed by atoms with E-state index in [0.29, 0.717) is 23.8 Å². The van der Waals surface area contributed by atoms with Crippen LogP contribution < -0.4 is 4.74 Å². The zero-order chi connectivity index (χ0) is 16.8. The summed E-state index contributed by atoms with van der Waals surface area (Å²) in [5, 5.41) is 0. The lowest BCUT2D eigenvalue weighted by molar-refractivity contribution is 0.0793. The Bertz CT molecular complexity index is 654. The topological polar surface area (TPSA) is 42.4 Å². The quantitative estimate of drug-likeness (QED) is 0.819. The minimum Gasteiger partial charge on any atom is -0.496 e. The van der Waals surface area contributed by atoms with Crippen LogP contribution in [0.25, 0.3) is 0 Å². The normalized spacial score (nSPS) is 10.7. The summed E-state index contributed by atoms with van der Waals surface area (Å²) in [6, 6.07) is 9.75. The Kier molecular flexibility index (Phi) is 5.74. The Hall–Kier alpha value is -2.36. The van der Waals surface area contributed by atoms with E-state index in [9.17, 15) is 4.79 Å². The number of aromatic nitrogens is 1. The molecule has 0 aliphatic heterocycles. The van der Waals surface area contributed by atoms with Crippen LogP contribution in [0.5, 0.6) is 5.75 Å². The maximum absolute atomic E-state index is 12.7. The van der Waals surface area contributed by atoms with Crippen LogP contribution in [-0.4, -0.2) is 36.5 Å². The Morgan fingerprint density at radius 2 is 1.91 bits per heavy atom. The zero-order valence-corrected chi connectivity index (χ0v) is 14.2. The van der Waals surface area contributed by atoms with Gasteiger partial charge in [-0.3, -0.25) is 9.78 Å². The summed E-state index contributed by atoms with van der Waals surface area (Å²) < 4.78 is 5.41. The van der Waals surface area contributed by atoms with Crippen molar-refractivity contribution < 1.29 is 9.53 Å². The lowest BCUT2D eigenvalue weighted by Crippen LogP contribution is -2.29. The number of carbonyl (C=O) groups is 1. The molecule has 0 atom stereocenters. The van der Waals surface area contributed by atoms with Crippen molar-refractivity contribution in [2.24, 2.45) is 0 Å². The summed E-state index contributed by atoms with van der Waals surface area (Å²) in [5.41, 5.74) is 2.94. The third kappa shape index (κ3) is 4.31. The molecule has 122 valence electrons. The van der Waals surface area contributed by atoms with Gasteiger partial charge in [0.2, 0.25) is 0 Å². The average molecular weight is 312 g/mol. The summed E-state index contributed by atoms with van der Waals surface area (Å²) in [5.74, 6) is 1.01. The standard InChI is InChI=1S/C19H24N2O2/c1-14(2)16-5-6-17(18(13-16)23-4)19(22)21(3)12-9-15-7-10-20-11-8-15/h5-8,10-11,13-14H,9,12H2,1-4H3. The van der Waals surface area contributed by atoms with E-state index in [1.165, 1.54) is 5.56 Å². The highest BCUT2D eigenvalue weighted by Gasteiger charge is 2.17. The number of carbonyl (C=O) groups excluding carboxylic acids is 1. The number of likely N-dealkylation sites (N-methyl/N-ethyl adjacent to an activating group) is 1. The number of nitrogens with zero attached hydrogens (tertiary/aromatic N) is 2. The van der Waals surface area contributed by atoms with Gasteiger partial charge in [0.1, 0.15) is 5.75 Å². The van der Waals surface area contributed by atoms with Crippen LogP contribution in [0.1, 0.15) is 41.3 Å². The molecule has 0 unspecified atom stereocenters. The number of pyridine rings is 1. The van der Waals surface area contributed by atoms with Gasteiger partial charge in [-0.05, 0) is 47.7 Å². The van der Waals surface area contributed by atoms with Gasteiger partial charge in [-0.15, -0.1) is 0 Å². The maximum atomic E-state index is 12.7. The van der Waals surface area contributed by atoms with Crippen molar-refractivity contribution in [1.82, 2.24) is 9.88 Å². The highest BCUT2D eigenvalue weighted by atomic mass is 16.5. The molecule has 0 saturated heterocycles. The first-order chi connectivity index (χ1) is 11.0. The highest BCUT2D eigenvalue weighted by molar-refractivity contribution is 5.96. The third-order valence-corrected chi connectivity index (χ3v) is 3.95. The van der Waals surface area contributed by atoms with Crippen LogP contribution in [0.15, 0.2) is 42.7 Å². The van der Waals surface area contributed by atoms with Gasteiger partial charge < -0.3 is 9.64 Å². The minimum absolute atomic E-state index is 0.0220. The minimum atomic E-state index is -0.0220. The molecule has 0 aliphatic carbocycles. The number of rotatable bonds is 6. The van der Waals surface area contributed by atoms with Gasteiger partial charge in [-0.2, -0.15) is 0 Å². The Labute approximate surface area is 138 Å². The molecule has 1 aromatic carbocycles. The molecule has 1 aromatic heterocycles. The van der Waals surface area contributed by atoms with Crippen LogP contribution in [0.4, 0.5) is 0 Å². The summed E-state index contributed by atoms with van der Waals surface area (Å²) in [6.45, 7) is 4.89. The molecule has 0 aliphatic rings. The summed E-state index contributed by atoms with van der Waals surface area (Å²) >= 11 is 0. The van der Waals surface area contributed by atoms with E-state index in [4.69, 9.17) is 4.74 Å². The monoisotopic (exact) mass is 312 g/mol. The summed E-state index contributed by atoms with van der Waals surface area (Å²) in [6.07, 6.45) is 4.34. The van der Waals surface area contributed by atoms with Crippen molar-refractivity contribution in [1.29, 1.82) is 0 Å². The molecule has 23 heavy (non-hydrogen) atoms. The third-order valence-electron chi connectivity index (χ3n) is 3.95. The first-order valence-corrected chi connectivity index (χ1v) is 7.85. The van der Waals surface area contributed by atoms with Crippen LogP contribution >= 0.6 is 0 Å². The van der Waals surface area contributed by atoms with Crippen LogP contribution in [0.2, 0.25) is 0 Å². The fourth-order valence-electron chi connectivity index (χ4n) is 2.40. The van der Waals surface area contributed by atoms with Crippen molar-refractivity contribution >= 4 is 5.91 Å². The van der Waals surface area contributed by atoms with E-state index in [2.05, 4.69) is 18.8 Å². The molecule has 4 heteroatoms. The number of benzene rings is 1. The first kappa shape index (κ1) is 17.0.